The zero-order valence-corrected chi connectivity index (χ0v) is 15.2. The monoisotopic (exact) mass is 403 g/mol. The van der Waals surface area contributed by atoms with E-state index in [4.69, 9.17) is 18.9 Å². The molecule has 2 aliphatic rings. The average molecular weight is 403 g/mol. The smallest absolute Gasteiger partial charge is 0.387 e. The van der Waals surface area contributed by atoms with Gasteiger partial charge in [-0.25, -0.2) is 9.79 Å². The number of methoxy groups -OCH3 is 1. The number of hydrogen-bond donors (Lipinski definition) is 0. The van der Waals surface area contributed by atoms with E-state index in [1.165, 1.54) is 37.5 Å². The van der Waals surface area contributed by atoms with Crippen LogP contribution in [-0.2, 0) is 9.53 Å². The quantitative estimate of drug-likeness (QED) is 0.563. The largest absolute Gasteiger partial charge is 0.493 e. The SMILES string of the molecule is COc1cc(/C=C2\N=C(c3ccc(OC(F)F)cc3)OC2=O)cc2c1OCCO2. The molecule has 2 aromatic carbocycles. The Balaban J connectivity index is 1.61. The number of hydrogen-bond acceptors (Lipinski definition) is 7. The summed E-state index contributed by atoms with van der Waals surface area (Å²) in [4.78, 5) is 16.4. The number of rotatable bonds is 5. The lowest BCUT2D eigenvalue weighted by Gasteiger charge is -2.20. The van der Waals surface area contributed by atoms with Crippen LogP contribution in [0.3, 0.4) is 0 Å². The van der Waals surface area contributed by atoms with Gasteiger partial charge in [-0.05, 0) is 48.0 Å². The molecule has 4 rings (SSSR count). The molecule has 2 aromatic rings. The zero-order chi connectivity index (χ0) is 20.4. The van der Waals surface area contributed by atoms with Crippen molar-refractivity contribution in [1.82, 2.24) is 0 Å². The van der Waals surface area contributed by atoms with Gasteiger partial charge in [0, 0.05) is 5.56 Å². The van der Waals surface area contributed by atoms with Crippen molar-refractivity contribution in [3.63, 3.8) is 0 Å². The van der Waals surface area contributed by atoms with Crippen LogP contribution in [0.1, 0.15) is 11.1 Å². The van der Waals surface area contributed by atoms with Crippen molar-refractivity contribution in [2.24, 2.45) is 4.99 Å². The van der Waals surface area contributed by atoms with Crippen LogP contribution in [0, 0.1) is 0 Å². The van der Waals surface area contributed by atoms with Crippen molar-refractivity contribution in [3.8, 4) is 23.0 Å². The summed E-state index contributed by atoms with van der Waals surface area (Å²) in [7, 11) is 1.51. The van der Waals surface area contributed by atoms with Crippen molar-refractivity contribution in [3.05, 3.63) is 53.2 Å². The summed E-state index contributed by atoms with van der Waals surface area (Å²) in [5.74, 6) is 0.904. The Labute approximate surface area is 164 Å². The highest BCUT2D eigenvalue weighted by Gasteiger charge is 2.25. The molecule has 150 valence electrons. The summed E-state index contributed by atoms with van der Waals surface area (Å²) in [5.41, 5.74) is 1.14. The van der Waals surface area contributed by atoms with Crippen LogP contribution >= 0.6 is 0 Å². The van der Waals surface area contributed by atoms with Gasteiger partial charge in [-0.1, -0.05) is 0 Å². The van der Waals surface area contributed by atoms with Gasteiger partial charge in [0.05, 0.1) is 7.11 Å². The van der Waals surface area contributed by atoms with E-state index in [2.05, 4.69) is 9.73 Å². The molecule has 0 bridgehead atoms. The van der Waals surface area contributed by atoms with E-state index in [0.717, 1.165) is 0 Å². The first-order valence-corrected chi connectivity index (χ1v) is 8.59. The van der Waals surface area contributed by atoms with Crippen molar-refractivity contribution in [2.45, 2.75) is 6.61 Å². The number of esters is 1. The maximum atomic E-state index is 12.2. The second-order valence-electron chi connectivity index (χ2n) is 5.99. The van der Waals surface area contributed by atoms with Gasteiger partial charge >= 0.3 is 12.6 Å². The molecule has 0 spiro atoms. The van der Waals surface area contributed by atoms with Crippen LogP contribution in [0.4, 0.5) is 8.78 Å². The van der Waals surface area contributed by atoms with Crippen LogP contribution in [0.25, 0.3) is 6.08 Å². The number of benzene rings is 2. The number of carbonyl (C=O) groups excluding carboxylic acids is 1. The third-order valence-electron chi connectivity index (χ3n) is 4.10. The average Bonchev–Trinajstić information content (AvgIpc) is 3.07. The molecule has 0 aromatic heterocycles. The molecule has 9 heteroatoms. The van der Waals surface area contributed by atoms with Crippen LogP contribution in [0.15, 0.2) is 47.1 Å². The van der Waals surface area contributed by atoms with Gasteiger partial charge in [0.15, 0.2) is 17.2 Å². The highest BCUT2D eigenvalue weighted by molar-refractivity contribution is 6.12. The molecule has 0 aliphatic carbocycles. The molecule has 0 saturated heterocycles. The van der Waals surface area contributed by atoms with Gasteiger partial charge in [0.2, 0.25) is 11.6 Å². The zero-order valence-electron chi connectivity index (χ0n) is 15.2. The van der Waals surface area contributed by atoms with E-state index in [0.29, 0.717) is 41.6 Å². The minimum absolute atomic E-state index is 0.00666. The summed E-state index contributed by atoms with van der Waals surface area (Å²) in [6.45, 7) is -2.09. The van der Waals surface area contributed by atoms with E-state index in [-0.39, 0.29) is 17.3 Å². The fourth-order valence-corrected chi connectivity index (χ4v) is 2.85. The first kappa shape index (κ1) is 18.7. The first-order valence-electron chi connectivity index (χ1n) is 8.59. The van der Waals surface area contributed by atoms with E-state index in [9.17, 15) is 13.6 Å². The number of carbonyl (C=O) groups is 1. The highest BCUT2D eigenvalue weighted by Crippen LogP contribution is 2.41. The van der Waals surface area contributed by atoms with Crippen molar-refractivity contribution in [2.75, 3.05) is 20.3 Å². The maximum Gasteiger partial charge on any atom is 0.387 e. The number of aliphatic imine (C=N–C) groups is 1. The molecule has 0 atom stereocenters. The predicted octanol–water partition coefficient (Wildman–Crippen LogP) is 3.41. The van der Waals surface area contributed by atoms with Crippen LogP contribution in [-0.4, -0.2) is 38.8 Å². The number of cyclic esters (lactones) is 1. The van der Waals surface area contributed by atoms with Crippen molar-refractivity contribution >= 4 is 17.9 Å². The maximum absolute atomic E-state index is 12.2. The standard InChI is InChI=1S/C20H15F2NO6/c1-25-15-9-11(10-16-17(15)27-7-6-26-16)8-14-19(24)29-18(23-14)12-2-4-13(5-3-12)28-20(21)22/h2-5,8-10,20H,6-7H2,1H3/b14-8-. The highest BCUT2D eigenvalue weighted by atomic mass is 19.3. The second kappa shape index (κ2) is 7.78. The Morgan fingerprint density at radius 1 is 1.14 bits per heavy atom. The number of nitrogens with zero attached hydrogens (tertiary/aromatic N) is 1. The molecule has 0 saturated carbocycles. The lowest BCUT2D eigenvalue weighted by atomic mass is 10.1. The molecule has 0 amide bonds. The normalized spacial score (nSPS) is 16.6. The van der Waals surface area contributed by atoms with E-state index in [1.807, 2.05) is 0 Å². The summed E-state index contributed by atoms with van der Waals surface area (Å²) >= 11 is 0. The predicted molar refractivity (Wildman–Crippen MR) is 97.7 cm³/mol. The second-order valence-corrected chi connectivity index (χ2v) is 5.99. The Morgan fingerprint density at radius 2 is 1.90 bits per heavy atom. The van der Waals surface area contributed by atoms with E-state index >= 15 is 0 Å². The molecule has 0 N–H and O–H groups in total. The summed E-state index contributed by atoms with van der Waals surface area (Å²) < 4.78 is 50.4. The Bertz CT molecular complexity index is 984. The minimum atomic E-state index is -2.92. The van der Waals surface area contributed by atoms with Crippen LogP contribution in [0.2, 0.25) is 0 Å². The van der Waals surface area contributed by atoms with Gasteiger partial charge in [0.25, 0.3) is 0 Å². The van der Waals surface area contributed by atoms with Gasteiger partial charge in [-0.15, -0.1) is 0 Å². The molecule has 7 nitrogen and oxygen atoms in total. The van der Waals surface area contributed by atoms with Crippen molar-refractivity contribution < 1.29 is 37.3 Å². The lowest BCUT2D eigenvalue weighted by Crippen LogP contribution is -2.16. The number of fused-ring (bicyclic) bond motifs is 1. The Kier molecular flexibility index (Phi) is 5.03. The van der Waals surface area contributed by atoms with Crippen molar-refractivity contribution in [1.29, 1.82) is 0 Å². The van der Waals surface area contributed by atoms with Gasteiger partial charge in [-0.2, -0.15) is 8.78 Å². The molecular weight excluding hydrogens is 388 g/mol. The molecule has 29 heavy (non-hydrogen) atoms. The van der Waals surface area contributed by atoms with Gasteiger partial charge < -0.3 is 23.7 Å². The third kappa shape index (κ3) is 3.98. The summed E-state index contributed by atoms with van der Waals surface area (Å²) in [6, 6.07) is 9.02. The number of ether oxygens (including phenoxy) is 5. The Hall–Kier alpha value is -3.62. The molecule has 0 fully saturated rings. The summed E-state index contributed by atoms with van der Waals surface area (Å²) in [6.07, 6.45) is 1.53. The fraction of sp³-hybridized carbons (Fsp3) is 0.200. The van der Waals surface area contributed by atoms with Crippen LogP contribution in [0.5, 0.6) is 23.0 Å². The first-order chi connectivity index (χ1) is 14.0. The van der Waals surface area contributed by atoms with Gasteiger partial charge in [-0.3, -0.25) is 0 Å². The molecule has 0 radical (unpaired) electrons. The van der Waals surface area contributed by atoms with E-state index in [1.54, 1.807) is 12.1 Å². The van der Waals surface area contributed by atoms with Gasteiger partial charge in [0.1, 0.15) is 19.0 Å². The fourth-order valence-electron chi connectivity index (χ4n) is 2.85. The number of halogens is 2. The lowest BCUT2D eigenvalue weighted by molar-refractivity contribution is -0.129. The molecule has 0 unspecified atom stereocenters. The molecule has 2 aliphatic heterocycles. The minimum Gasteiger partial charge on any atom is -0.493 e. The molecule has 2 heterocycles. The molecular formula is C20H15F2NO6. The summed E-state index contributed by atoms with van der Waals surface area (Å²) in [5, 5.41) is 0. The Morgan fingerprint density at radius 3 is 2.62 bits per heavy atom. The topological polar surface area (TPSA) is 75.6 Å². The number of alkyl halides is 2. The van der Waals surface area contributed by atoms with E-state index < -0.39 is 12.6 Å². The van der Waals surface area contributed by atoms with Crippen LogP contribution < -0.4 is 18.9 Å². The third-order valence-corrected chi connectivity index (χ3v) is 4.10.